The van der Waals surface area contributed by atoms with Gasteiger partial charge in [-0.15, -0.1) is 0 Å². The Morgan fingerprint density at radius 2 is 1.59 bits per heavy atom. The molecule has 2 aromatic heterocycles. The zero-order chi connectivity index (χ0) is 23.7. The SMILES string of the molecule is CCOC(=O)c1cc(C(=O)c2ccc3ccccc3c2)n2ccc(C(O)c3ccccc3)cc12. The fourth-order valence-electron chi connectivity index (χ4n) is 4.24. The molecule has 1 atom stereocenters. The van der Waals surface area contributed by atoms with Gasteiger partial charge < -0.3 is 14.2 Å². The van der Waals surface area contributed by atoms with Gasteiger partial charge in [0.1, 0.15) is 6.10 Å². The lowest BCUT2D eigenvalue weighted by molar-refractivity contribution is 0.0528. The van der Waals surface area contributed by atoms with E-state index >= 15 is 0 Å². The van der Waals surface area contributed by atoms with Crippen molar-refractivity contribution in [3.63, 3.8) is 0 Å². The van der Waals surface area contributed by atoms with E-state index < -0.39 is 12.1 Å². The lowest BCUT2D eigenvalue weighted by Gasteiger charge is -2.13. The first-order valence-corrected chi connectivity index (χ1v) is 11.2. The number of benzene rings is 3. The van der Waals surface area contributed by atoms with Crippen molar-refractivity contribution in [3.8, 4) is 0 Å². The molecule has 0 aliphatic carbocycles. The zero-order valence-corrected chi connectivity index (χ0v) is 18.6. The summed E-state index contributed by atoms with van der Waals surface area (Å²) in [6.07, 6.45) is 0.851. The van der Waals surface area contributed by atoms with Gasteiger partial charge in [0.25, 0.3) is 0 Å². The first-order valence-electron chi connectivity index (χ1n) is 11.2. The van der Waals surface area contributed by atoms with E-state index in [2.05, 4.69) is 0 Å². The predicted molar refractivity (Wildman–Crippen MR) is 131 cm³/mol. The van der Waals surface area contributed by atoms with E-state index in [1.807, 2.05) is 66.7 Å². The number of aromatic nitrogens is 1. The second kappa shape index (κ2) is 8.96. The van der Waals surface area contributed by atoms with Crippen LogP contribution in [0.2, 0.25) is 0 Å². The number of fused-ring (bicyclic) bond motifs is 2. The number of pyridine rings is 1. The summed E-state index contributed by atoms with van der Waals surface area (Å²) in [5, 5.41) is 12.9. The number of hydrogen-bond acceptors (Lipinski definition) is 4. The van der Waals surface area contributed by atoms with Gasteiger partial charge in [-0.2, -0.15) is 0 Å². The molecule has 168 valence electrons. The molecule has 5 heteroatoms. The first kappa shape index (κ1) is 21.6. The zero-order valence-electron chi connectivity index (χ0n) is 18.6. The molecule has 5 aromatic rings. The molecule has 1 unspecified atom stereocenters. The van der Waals surface area contributed by atoms with E-state index in [0.717, 1.165) is 16.3 Å². The maximum Gasteiger partial charge on any atom is 0.340 e. The number of carbonyl (C=O) groups excluding carboxylic acids is 2. The fourth-order valence-corrected chi connectivity index (χ4v) is 4.24. The molecule has 0 saturated carbocycles. The minimum atomic E-state index is -0.865. The highest BCUT2D eigenvalue weighted by Crippen LogP contribution is 2.28. The van der Waals surface area contributed by atoms with E-state index in [1.165, 1.54) is 0 Å². The van der Waals surface area contributed by atoms with Gasteiger partial charge in [-0.05, 0) is 53.1 Å². The van der Waals surface area contributed by atoms with Gasteiger partial charge in [0.15, 0.2) is 0 Å². The average molecular weight is 450 g/mol. The van der Waals surface area contributed by atoms with Crippen molar-refractivity contribution in [2.45, 2.75) is 13.0 Å². The van der Waals surface area contributed by atoms with Crippen LogP contribution in [-0.4, -0.2) is 27.9 Å². The van der Waals surface area contributed by atoms with Gasteiger partial charge in [-0.25, -0.2) is 4.79 Å². The van der Waals surface area contributed by atoms with Crippen LogP contribution < -0.4 is 0 Å². The summed E-state index contributed by atoms with van der Waals surface area (Å²) in [4.78, 5) is 26.3. The number of carbonyl (C=O) groups is 2. The average Bonchev–Trinajstić information content (AvgIpc) is 3.27. The van der Waals surface area contributed by atoms with Crippen LogP contribution in [0.15, 0.2) is 97.2 Å². The van der Waals surface area contributed by atoms with Gasteiger partial charge >= 0.3 is 5.97 Å². The van der Waals surface area contributed by atoms with Gasteiger partial charge in [0.05, 0.1) is 23.4 Å². The lowest BCUT2D eigenvalue weighted by Crippen LogP contribution is -2.06. The Bertz CT molecular complexity index is 1520. The summed E-state index contributed by atoms with van der Waals surface area (Å²) in [6, 6.07) is 27.8. The van der Waals surface area contributed by atoms with Crippen molar-refractivity contribution in [3.05, 3.63) is 125 Å². The summed E-state index contributed by atoms with van der Waals surface area (Å²) in [6.45, 7) is 1.96. The Morgan fingerprint density at radius 1 is 0.853 bits per heavy atom. The molecule has 0 spiro atoms. The second-order valence-corrected chi connectivity index (χ2v) is 8.08. The standard InChI is InChI=1S/C29H23NO4/c1-2-34-29(33)24-18-26(28(32)22-13-12-19-8-6-7-11-21(19)16-22)30-15-14-23(17-25(24)30)27(31)20-9-4-3-5-10-20/h3-18,27,31H,2H2,1H3. The normalized spacial score (nSPS) is 12.1. The highest BCUT2D eigenvalue weighted by atomic mass is 16.5. The fraction of sp³-hybridized carbons (Fsp3) is 0.103. The minimum absolute atomic E-state index is 0.201. The summed E-state index contributed by atoms with van der Waals surface area (Å²) in [5.74, 6) is -0.712. The van der Waals surface area contributed by atoms with Crippen molar-refractivity contribution >= 4 is 28.0 Å². The highest BCUT2D eigenvalue weighted by molar-refractivity contribution is 6.12. The van der Waals surface area contributed by atoms with Crippen LogP contribution in [0, 0.1) is 0 Å². The molecule has 0 radical (unpaired) electrons. The smallest absolute Gasteiger partial charge is 0.340 e. The van der Waals surface area contributed by atoms with Crippen LogP contribution in [-0.2, 0) is 4.74 Å². The molecule has 0 amide bonds. The molecule has 2 heterocycles. The quantitative estimate of drug-likeness (QED) is 0.271. The van der Waals surface area contributed by atoms with Crippen LogP contribution in [0.25, 0.3) is 16.3 Å². The van der Waals surface area contributed by atoms with E-state index in [4.69, 9.17) is 4.74 Å². The maximum absolute atomic E-state index is 13.5. The highest BCUT2D eigenvalue weighted by Gasteiger charge is 2.23. The molecular formula is C29H23NO4. The number of aliphatic hydroxyl groups excluding tert-OH is 1. The number of aliphatic hydroxyl groups is 1. The topological polar surface area (TPSA) is 68.0 Å². The third kappa shape index (κ3) is 3.87. The number of ketones is 1. The number of ether oxygens (including phenoxy) is 1. The molecule has 0 bridgehead atoms. The molecule has 0 aliphatic rings. The van der Waals surface area contributed by atoms with E-state index in [0.29, 0.717) is 22.3 Å². The van der Waals surface area contributed by atoms with Crippen molar-refractivity contribution in [2.24, 2.45) is 0 Å². The maximum atomic E-state index is 13.5. The van der Waals surface area contributed by atoms with E-state index in [-0.39, 0.29) is 18.0 Å². The molecule has 0 aliphatic heterocycles. The van der Waals surface area contributed by atoms with Crippen LogP contribution in [0.1, 0.15) is 50.6 Å². The number of hydrogen-bond donors (Lipinski definition) is 1. The molecule has 0 saturated heterocycles. The van der Waals surface area contributed by atoms with Crippen molar-refractivity contribution in [2.75, 3.05) is 6.61 Å². The molecule has 0 fully saturated rings. The molecule has 5 nitrogen and oxygen atoms in total. The second-order valence-electron chi connectivity index (χ2n) is 8.08. The van der Waals surface area contributed by atoms with Crippen molar-refractivity contribution in [1.82, 2.24) is 4.40 Å². The third-order valence-corrected chi connectivity index (χ3v) is 5.97. The minimum Gasteiger partial charge on any atom is -0.462 e. The predicted octanol–water partition coefficient (Wildman–Crippen LogP) is 5.58. The van der Waals surface area contributed by atoms with Gasteiger partial charge in [-0.3, -0.25) is 4.79 Å². The Labute approximate surface area is 196 Å². The van der Waals surface area contributed by atoms with Gasteiger partial charge in [-0.1, -0.05) is 66.7 Å². The monoisotopic (exact) mass is 449 g/mol. The largest absolute Gasteiger partial charge is 0.462 e. The summed E-state index contributed by atoms with van der Waals surface area (Å²) < 4.78 is 6.94. The van der Waals surface area contributed by atoms with Crippen LogP contribution in [0.5, 0.6) is 0 Å². The van der Waals surface area contributed by atoms with E-state index in [1.54, 1.807) is 41.8 Å². The van der Waals surface area contributed by atoms with Crippen LogP contribution in [0.3, 0.4) is 0 Å². The summed E-state index contributed by atoms with van der Waals surface area (Å²) in [7, 11) is 0. The molecule has 34 heavy (non-hydrogen) atoms. The summed E-state index contributed by atoms with van der Waals surface area (Å²) >= 11 is 0. The molecule has 5 rings (SSSR count). The van der Waals surface area contributed by atoms with Crippen LogP contribution >= 0.6 is 0 Å². The van der Waals surface area contributed by atoms with Crippen molar-refractivity contribution < 1.29 is 19.4 Å². The molecular weight excluding hydrogens is 426 g/mol. The van der Waals surface area contributed by atoms with E-state index in [9.17, 15) is 14.7 Å². The Morgan fingerprint density at radius 3 is 2.35 bits per heavy atom. The molecule has 3 aromatic carbocycles. The Hall–Kier alpha value is -4.22. The van der Waals surface area contributed by atoms with Gasteiger partial charge in [0.2, 0.25) is 5.78 Å². The van der Waals surface area contributed by atoms with Crippen molar-refractivity contribution in [1.29, 1.82) is 0 Å². The van der Waals surface area contributed by atoms with Gasteiger partial charge in [0, 0.05) is 11.8 Å². The first-order chi connectivity index (χ1) is 16.6. The number of rotatable bonds is 6. The third-order valence-electron chi connectivity index (χ3n) is 5.97. The summed E-state index contributed by atoms with van der Waals surface area (Å²) in [5.41, 5.74) is 3.04. The molecule has 1 N–H and O–H groups in total. The lowest BCUT2D eigenvalue weighted by atomic mass is 10.0. The Kier molecular flexibility index (Phi) is 5.70. The number of nitrogens with zero attached hydrogens (tertiary/aromatic N) is 1. The number of esters is 1. The van der Waals surface area contributed by atoms with Crippen LogP contribution in [0.4, 0.5) is 0 Å². The Balaban J connectivity index is 1.62.